The van der Waals surface area contributed by atoms with Crippen LogP contribution in [-0.2, 0) is 10.2 Å². The molecule has 1 atom stereocenters. The van der Waals surface area contributed by atoms with Gasteiger partial charge in [-0.05, 0) is 23.1 Å². The molecule has 0 saturated carbocycles. The fraction of sp³-hybridized carbons (Fsp3) is 0.294. The van der Waals surface area contributed by atoms with E-state index < -0.39 is 10.2 Å². The topological polar surface area (TPSA) is 49.4 Å². The SMILES string of the molecule is C[C@H](CNS(=O)(=O)N(C)C)c1ccc(-c2ccccc2F)cc1. The second-order valence-corrected chi connectivity index (χ2v) is 7.61. The van der Waals surface area contributed by atoms with Gasteiger partial charge in [-0.25, -0.2) is 9.11 Å². The van der Waals surface area contributed by atoms with Crippen molar-refractivity contribution in [2.24, 2.45) is 0 Å². The van der Waals surface area contributed by atoms with E-state index in [0.29, 0.717) is 12.1 Å². The molecule has 0 aliphatic rings. The first kappa shape index (κ1) is 17.6. The van der Waals surface area contributed by atoms with Crippen LogP contribution in [-0.4, -0.2) is 33.4 Å². The van der Waals surface area contributed by atoms with E-state index in [1.165, 1.54) is 20.2 Å². The number of nitrogens with zero attached hydrogens (tertiary/aromatic N) is 1. The van der Waals surface area contributed by atoms with E-state index in [0.717, 1.165) is 15.4 Å². The highest BCUT2D eigenvalue weighted by Crippen LogP contribution is 2.24. The van der Waals surface area contributed by atoms with Gasteiger partial charge in [-0.15, -0.1) is 0 Å². The van der Waals surface area contributed by atoms with Crippen LogP contribution in [0.4, 0.5) is 4.39 Å². The summed E-state index contributed by atoms with van der Waals surface area (Å²) < 4.78 is 40.9. The predicted octanol–water partition coefficient (Wildman–Crippen LogP) is 2.99. The lowest BCUT2D eigenvalue weighted by atomic mass is 9.97. The molecular formula is C17H21FN2O2S. The summed E-state index contributed by atoms with van der Waals surface area (Å²) in [5.74, 6) is -0.244. The predicted molar refractivity (Wildman–Crippen MR) is 90.9 cm³/mol. The van der Waals surface area contributed by atoms with Crippen molar-refractivity contribution in [2.75, 3.05) is 20.6 Å². The molecule has 0 aromatic heterocycles. The Balaban J connectivity index is 2.09. The molecule has 4 nitrogen and oxygen atoms in total. The molecule has 6 heteroatoms. The van der Waals surface area contributed by atoms with Crippen LogP contribution >= 0.6 is 0 Å². The summed E-state index contributed by atoms with van der Waals surface area (Å²) >= 11 is 0. The third kappa shape index (κ3) is 4.37. The summed E-state index contributed by atoms with van der Waals surface area (Å²) in [7, 11) is -0.460. The highest BCUT2D eigenvalue weighted by Gasteiger charge is 2.15. The lowest BCUT2D eigenvalue weighted by Gasteiger charge is -2.16. The first-order valence-corrected chi connectivity index (χ1v) is 8.77. The largest absolute Gasteiger partial charge is 0.278 e. The van der Waals surface area contributed by atoms with Crippen molar-refractivity contribution >= 4 is 10.2 Å². The number of nitrogens with one attached hydrogen (secondary N) is 1. The Morgan fingerprint density at radius 3 is 2.26 bits per heavy atom. The number of hydrogen-bond donors (Lipinski definition) is 1. The molecule has 0 spiro atoms. The average Bonchev–Trinajstić information content (AvgIpc) is 2.53. The summed E-state index contributed by atoms with van der Waals surface area (Å²) in [6.45, 7) is 2.25. The average molecular weight is 336 g/mol. The standard InChI is InChI=1S/C17H21FN2O2S/c1-13(12-19-23(21,22)20(2)3)14-8-10-15(11-9-14)16-6-4-5-7-17(16)18/h4-11,13,19H,12H2,1-3H3/t13-/m1/s1. The lowest BCUT2D eigenvalue weighted by molar-refractivity contribution is 0.501. The zero-order valence-corrected chi connectivity index (χ0v) is 14.3. The van der Waals surface area contributed by atoms with Crippen molar-refractivity contribution in [3.63, 3.8) is 0 Å². The first-order chi connectivity index (χ1) is 10.8. The Morgan fingerprint density at radius 1 is 1.09 bits per heavy atom. The van der Waals surface area contributed by atoms with Crippen molar-refractivity contribution < 1.29 is 12.8 Å². The van der Waals surface area contributed by atoms with Gasteiger partial charge < -0.3 is 0 Å². The second-order valence-electron chi connectivity index (χ2n) is 5.64. The summed E-state index contributed by atoms with van der Waals surface area (Å²) in [5.41, 5.74) is 2.35. The Hall–Kier alpha value is -1.76. The van der Waals surface area contributed by atoms with Crippen molar-refractivity contribution in [2.45, 2.75) is 12.8 Å². The van der Waals surface area contributed by atoms with E-state index in [1.807, 2.05) is 31.2 Å². The minimum atomic E-state index is -3.42. The molecule has 124 valence electrons. The van der Waals surface area contributed by atoms with E-state index in [-0.39, 0.29) is 11.7 Å². The van der Waals surface area contributed by atoms with E-state index in [2.05, 4.69) is 4.72 Å². The normalized spacial score (nSPS) is 13.3. The highest BCUT2D eigenvalue weighted by atomic mass is 32.2. The number of benzene rings is 2. The summed E-state index contributed by atoms with van der Waals surface area (Å²) in [4.78, 5) is 0. The molecule has 2 aromatic carbocycles. The van der Waals surface area contributed by atoms with Crippen molar-refractivity contribution in [3.8, 4) is 11.1 Å². The van der Waals surface area contributed by atoms with Gasteiger partial charge in [-0.3, -0.25) is 0 Å². The Bertz CT molecular complexity index is 758. The van der Waals surface area contributed by atoms with Crippen LogP contribution in [0.2, 0.25) is 0 Å². The van der Waals surface area contributed by atoms with E-state index >= 15 is 0 Å². The third-order valence-corrected chi connectivity index (χ3v) is 5.21. The van der Waals surface area contributed by atoms with E-state index in [1.54, 1.807) is 18.2 Å². The zero-order chi connectivity index (χ0) is 17.0. The molecule has 2 rings (SSSR count). The number of hydrogen-bond acceptors (Lipinski definition) is 2. The van der Waals surface area contributed by atoms with Crippen LogP contribution in [0.15, 0.2) is 48.5 Å². The molecule has 0 aliphatic heterocycles. The number of halogens is 1. The fourth-order valence-electron chi connectivity index (χ4n) is 2.16. The van der Waals surface area contributed by atoms with Crippen LogP contribution in [0.5, 0.6) is 0 Å². The number of rotatable bonds is 6. The van der Waals surface area contributed by atoms with Crippen LogP contribution in [0.25, 0.3) is 11.1 Å². The molecule has 1 N–H and O–H groups in total. The van der Waals surface area contributed by atoms with Gasteiger partial charge in [-0.1, -0.05) is 49.4 Å². The Labute approximate surface area is 137 Å². The molecule has 0 aliphatic carbocycles. The van der Waals surface area contributed by atoms with Gasteiger partial charge in [0.05, 0.1) is 0 Å². The fourth-order valence-corrected chi connectivity index (χ4v) is 2.88. The van der Waals surface area contributed by atoms with E-state index in [9.17, 15) is 12.8 Å². The molecule has 2 aromatic rings. The van der Waals surface area contributed by atoms with Crippen LogP contribution in [0, 0.1) is 5.82 Å². The smallest absolute Gasteiger partial charge is 0.206 e. The third-order valence-electron chi connectivity index (χ3n) is 3.72. The quantitative estimate of drug-likeness (QED) is 0.881. The van der Waals surface area contributed by atoms with Crippen molar-refractivity contribution in [1.29, 1.82) is 0 Å². The van der Waals surface area contributed by atoms with Gasteiger partial charge in [0.2, 0.25) is 0 Å². The first-order valence-electron chi connectivity index (χ1n) is 7.33. The van der Waals surface area contributed by atoms with Crippen LogP contribution in [0.3, 0.4) is 0 Å². The summed E-state index contributed by atoms with van der Waals surface area (Å²) in [5, 5.41) is 0. The highest BCUT2D eigenvalue weighted by molar-refractivity contribution is 7.87. The van der Waals surface area contributed by atoms with Gasteiger partial charge in [0.15, 0.2) is 0 Å². The molecule has 23 heavy (non-hydrogen) atoms. The Morgan fingerprint density at radius 2 is 1.70 bits per heavy atom. The molecule has 0 unspecified atom stereocenters. The van der Waals surface area contributed by atoms with Gasteiger partial charge in [0.25, 0.3) is 10.2 Å². The molecule has 0 fully saturated rings. The van der Waals surface area contributed by atoms with Crippen LogP contribution < -0.4 is 4.72 Å². The van der Waals surface area contributed by atoms with Gasteiger partial charge in [-0.2, -0.15) is 12.7 Å². The van der Waals surface area contributed by atoms with E-state index in [4.69, 9.17) is 0 Å². The summed E-state index contributed by atoms with van der Waals surface area (Å²) in [6.07, 6.45) is 0. The maximum atomic E-state index is 13.8. The summed E-state index contributed by atoms with van der Waals surface area (Å²) in [6, 6.07) is 14.1. The minimum absolute atomic E-state index is 0.0133. The Kier molecular flexibility index (Phi) is 5.51. The van der Waals surface area contributed by atoms with Gasteiger partial charge >= 0.3 is 0 Å². The molecule has 0 heterocycles. The minimum Gasteiger partial charge on any atom is -0.206 e. The van der Waals surface area contributed by atoms with Crippen molar-refractivity contribution in [1.82, 2.24) is 9.03 Å². The second kappa shape index (κ2) is 7.21. The maximum absolute atomic E-state index is 13.8. The molecule has 0 amide bonds. The van der Waals surface area contributed by atoms with Crippen LogP contribution in [0.1, 0.15) is 18.4 Å². The lowest BCUT2D eigenvalue weighted by Crippen LogP contribution is -2.37. The molecule has 0 bridgehead atoms. The van der Waals surface area contributed by atoms with Gasteiger partial charge in [0.1, 0.15) is 5.82 Å². The molecule has 0 saturated heterocycles. The van der Waals surface area contributed by atoms with Crippen molar-refractivity contribution in [3.05, 3.63) is 59.9 Å². The van der Waals surface area contributed by atoms with Gasteiger partial charge in [0, 0.05) is 26.2 Å². The monoisotopic (exact) mass is 336 g/mol. The molecular weight excluding hydrogens is 315 g/mol. The maximum Gasteiger partial charge on any atom is 0.278 e. The molecule has 0 radical (unpaired) electrons. The zero-order valence-electron chi connectivity index (χ0n) is 13.5.